The molecule has 0 spiro atoms. The molecule has 0 bridgehead atoms. The molecule has 0 atom stereocenters. The average Bonchev–Trinajstić information content (AvgIpc) is 2.54. The number of nitrogens with one attached hydrogen (secondary N) is 1. The maximum absolute atomic E-state index is 10.9. The van der Waals surface area contributed by atoms with Gasteiger partial charge in [0.15, 0.2) is 0 Å². The molecule has 0 saturated carbocycles. The Bertz CT molecular complexity index is 673. The molecule has 0 aromatic heterocycles. The Morgan fingerprint density at radius 3 is 2.52 bits per heavy atom. The number of amides is 1. The molecule has 1 amide bonds. The fraction of sp³-hybridized carbons (Fsp3) is 0.353. The van der Waals surface area contributed by atoms with Crippen LogP contribution < -0.4 is 16.2 Å². The Balaban J connectivity index is 2.11. The summed E-state index contributed by atoms with van der Waals surface area (Å²) in [5, 5.41) is 2.48. The molecule has 124 valence electrons. The van der Waals surface area contributed by atoms with E-state index in [9.17, 15) is 4.79 Å². The number of ether oxygens (including phenoxy) is 1. The van der Waals surface area contributed by atoms with Crippen LogP contribution in [0, 0.1) is 0 Å². The van der Waals surface area contributed by atoms with Crippen LogP contribution in [0.1, 0.15) is 5.56 Å². The monoisotopic (exact) mass is 316 g/mol. The van der Waals surface area contributed by atoms with Crippen molar-refractivity contribution in [1.29, 1.82) is 0 Å². The van der Waals surface area contributed by atoms with Crippen LogP contribution in [0.25, 0.3) is 10.8 Å². The molecule has 2 rings (SSSR count). The van der Waals surface area contributed by atoms with Crippen molar-refractivity contribution in [3.8, 4) is 0 Å². The summed E-state index contributed by atoms with van der Waals surface area (Å²) < 4.78 is 4.91. The maximum atomic E-state index is 10.9. The van der Waals surface area contributed by atoms with Gasteiger partial charge >= 0.3 is 6.09 Å². The van der Waals surface area contributed by atoms with Gasteiger partial charge in [-0.1, -0.05) is 30.3 Å². The average molecular weight is 316 g/mol. The Morgan fingerprint density at radius 1 is 1.13 bits per heavy atom. The van der Waals surface area contributed by atoms with Crippen molar-refractivity contribution in [3.63, 3.8) is 0 Å². The smallest absolute Gasteiger partial charge is 0.421 e. The van der Waals surface area contributed by atoms with Crippen molar-refractivity contribution >= 4 is 22.6 Å². The van der Waals surface area contributed by atoms with E-state index in [1.165, 1.54) is 22.0 Å². The Hall–Kier alpha value is -2.31. The molecule has 0 unspecified atom stereocenters. The van der Waals surface area contributed by atoms with Gasteiger partial charge < -0.3 is 9.64 Å². The molecule has 2 aromatic rings. The number of rotatable bonds is 6. The highest BCUT2D eigenvalue weighted by molar-refractivity contribution is 5.96. The highest BCUT2D eigenvalue weighted by Crippen LogP contribution is 2.28. The van der Waals surface area contributed by atoms with Crippen LogP contribution in [-0.4, -0.2) is 45.3 Å². The van der Waals surface area contributed by atoms with Crippen molar-refractivity contribution in [2.75, 3.05) is 39.2 Å². The standard InChI is InChI=1S/C17H24N4O2/c1-20(2)16-9-5-7-14-13(6-4-8-15(14)16)12-21(3)10-11-23-17(22)19-18/h4-9H,10-12,18H2,1-3H3,(H,19,22). The fourth-order valence-electron chi connectivity index (χ4n) is 2.59. The van der Waals surface area contributed by atoms with Gasteiger partial charge in [0.1, 0.15) is 6.61 Å². The third kappa shape index (κ3) is 4.34. The minimum Gasteiger partial charge on any atom is -0.447 e. The number of carbonyl (C=O) groups excluding carboxylic acids is 1. The summed E-state index contributed by atoms with van der Waals surface area (Å²) in [6.45, 7) is 1.71. The highest BCUT2D eigenvalue weighted by Gasteiger charge is 2.08. The van der Waals surface area contributed by atoms with Crippen molar-refractivity contribution in [1.82, 2.24) is 10.3 Å². The molecular formula is C17H24N4O2. The van der Waals surface area contributed by atoms with E-state index in [1.54, 1.807) is 0 Å². The van der Waals surface area contributed by atoms with E-state index in [2.05, 4.69) is 46.2 Å². The van der Waals surface area contributed by atoms with Crippen LogP contribution in [0.4, 0.5) is 10.5 Å². The summed E-state index contributed by atoms with van der Waals surface area (Å²) in [7, 11) is 6.10. The molecule has 23 heavy (non-hydrogen) atoms. The first kappa shape index (κ1) is 17.1. The lowest BCUT2D eigenvalue weighted by atomic mass is 10.0. The van der Waals surface area contributed by atoms with Gasteiger partial charge in [-0.25, -0.2) is 10.6 Å². The van der Waals surface area contributed by atoms with Gasteiger partial charge in [-0.05, 0) is 24.1 Å². The SMILES string of the molecule is CN(CCOC(=O)NN)Cc1cccc2c(N(C)C)cccc12. The van der Waals surface area contributed by atoms with Crippen molar-refractivity contribution < 1.29 is 9.53 Å². The largest absolute Gasteiger partial charge is 0.447 e. The van der Waals surface area contributed by atoms with E-state index in [1.807, 2.05) is 26.6 Å². The van der Waals surface area contributed by atoms with Gasteiger partial charge in [0.25, 0.3) is 0 Å². The fourth-order valence-corrected chi connectivity index (χ4v) is 2.59. The first-order valence-corrected chi connectivity index (χ1v) is 7.52. The van der Waals surface area contributed by atoms with Crippen molar-refractivity contribution in [2.45, 2.75) is 6.54 Å². The number of likely N-dealkylation sites (N-methyl/N-ethyl adjacent to an activating group) is 1. The summed E-state index contributed by atoms with van der Waals surface area (Å²) in [6, 6.07) is 12.7. The predicted molar refractivity (Wildman–Crippen MR) is 93.3 cm³/mol. The molecule has 0 fully saturated rings. The summed E-state index contributed by atoms with van der Waals surface area (Å²) in [4.78, 5) is 15.2. The van der Waals surface area contributed by atoms with E-state index in [0.717, 1.165) is 6.54 Å². The second-order valence-electron chi connectivity index (χ2n) is 5.70. The first-order valence-electron chi connectivity index (χ1n) is 7.52. The molecule has 0 saturated heterocycles. The number of hydrogen-bond donors (Lipinski definition) is 2. The predicted octanol–water partition coefficient (Wildman–Crippen LogP) is 1.94. The highest BCUT2D eigenvalue weighted by atomic mass is 16.6. The van der Waals surface area contributed by atoms with Gasteiger partial charge in [-0.15, -0.1) is 0 Å². The van der Waals surface area contributed by atoms with E-state index in [4.69, 9.17) is 10.6 Å². The van der Waals surface area contributed by atoms with Crippen molar-refractivity contribution in [2.24, 2.45) is 5.84 Å². The number of anilines is 1. The molecule has 0 radical (unpaired) electrons. The number of hydrazine groups is 1. The van der Waals surface area contributed by atoms with Gasteiger partial charge in [-0.2, -0.15) is 0 Å². The molecule has 0 aliphatic rings. The third-order valence-corrected chi connectivity index (χ3v) is 3.74. The van der Waals surface area contributed by atoms with Gasteiger partial charge in [0.2, 0.25) is 0 Å². The van der Waals surface area contributed by atoms with Gasteiger partial charge in [0.05, 0.1) is 0 Å². The summed E-state index contributed by atoms with van der Waals surface area (Å²) in [5.41, 5.74) is 4.40. The number of fused-ring (bicyclic) bond motifs is 1. The lowest BCUT2D eigenvalue weighted by Gasteiger charge is -2.20. The third-order valence-electron chi connectivity index (χ3n) is 3.74. The van der Waals surface area contributed by atoms with Crippen LogP contribution >= 0.6 is 0 Å². The zero-order chi connectivity index (χ0) is 16.8. The first-order chi connectivity index (χ1) is 11.0. The molecule has 3 N–H and O–H groups in total. The number of carbonyl (C=O) groups is 1. The van der Waals surface area contributed by atoms with Crippen LogP contribution in [0.5, 0.6) is 0 Å². The zero-order valence-corrected chi connectivity index (χ0v) is 13.9. The zero-order valence-electron chi connectivity index (χ0n) is 13.9. The number of nitrogens with two attached hydrogens (primary N) is 1. The van der Waals surface area contributed by atoms with Crippen LogP contribution in [0.3, 0.4) is 0 Å². The molecule has 2 aromatic carbocycles. The molecule has 0 heterocycles. The van der Waals surface area contributed by atoms with E-state index in [-0.39, 0.29) is 0 Å². The van der Waals surface area contributed by atoms with Crippen molar-refractivity contribution in [3.05, 3.63) is 42.0 Å². The number of nitrogens with zero attached hydrogens (tertiary/aromatic N) is 2. The number of benzene rings is 2. The quantitative estimate of drug-likeness (QED) is 0.484. The van der Waals surface area contributed by atoms with Crippen LogP contribution in [-0.2, 0) is 11.3 Å². The molecular weight excluding hydrogens is 292 g/mol. The van der Waals surface area contributed by atoms with Crippen LogP contribution in [0.2, 0.25) is 0 Å². The summed E-state index contributed by atoms with van der Waals surface area (Å²) >= 11 is 0. The summed E-state index contributed by atoms with van der Waals surface area (Å²) in [6.07, 6.45) is -0.612. The molecule has 6 heteroatoms. The maximum Gasteiger partial charge on any atom is 0.421 e. The number of hydrogen-bond acceptors (Lipinski definition) is 5. The van der Waals surface area contributed by atoms with Crippen LogP contribution in [0.15, 0.2) is 36.4 Å². The Morgan fingerprint density at radius 2 is 1.83 bits per heavy atom. The second-order valence-corrected chi connectivity index (χ2v) is 5.70. The second kappa shape index (κ2) is 7.80. The minimum atomic E-state index is -0.612. The lowest BCUT2D eigenvalue weighted by Crippen LogP contribution is -2.33. The topological polar surface area (TPSA) is 70.8 Å². The molecule has 0 aliphatic heterocycles. The minimum absolute atomic E-state index is 0.299. The summed E-state index contributed by atoms with van der Waals surface area (Å²) in [5.74, 6) is 4.97. The van der Waals surface area contributed by atoms with E-state index >= 15 is 0 Å². The van der Waals surface area contributed by atoms with Gasteiger partial charge in [0, 0.05) is 38.3 Å². The Labute approximate surface area is 136 Å². The molecule has 6 nitrogen and oxygen atoms in total. The van der Waals surface area contributed by atoms with E-state index in [0.29, 0.717) is 13.2 Å². The lowest BCUT2D eigenvalue weighted by molar-refractivity contribution is 0.132. The van der Waals surface area contributed by atoms with Gasteiger partial charge in [-0.3, -0.25) is 10.3 Å². The van der Waals surface area contributed by atoms with E-state index < -0.39 is 6.09 Å². The molecule has 0 aliphatic carbocycles. The normalized spacial score (nSPS) is 10.8. The Kier molecular flexibility index (Phi) is 5.78.